The zero-order valence-electron chi connectivity index (χ0n) is 14.7. The molecular formula is C18H22BrFN4O. The maximum absolute atomic E-state index is 13.1. The smallest absolute Gasteiger partial charge is 0.255 e. The van der Waals surface area contributed by atoms with Crippen LogP contribution in [0.2, 0.25) is 0 Å². The molecule has 1 amide bonds. The van der Waals surface area contributed by atoms with Gasteiger partial charge in [0.25, 0.3) is 5.91 Å². The number of aliphatic imine (C=N–C) groups is 1. The molecule has 3 heterocycles. The normalized spacial score (nSPS) is 24.0. The van der Waals surface area contributed by atoms with E-state index in [2.05, 4.69) is 44.7 Å². The molecule has 1 aromatic heterocycles. The number of hydrogen-bond acceptors (Lipinski definition) is 4. The van der Waals surface area contributed by atoms with Crippen LogP contribution in [0.1, 0.15) is 29.8 Å². The van der Waals surface area contributed by atoms with E-state index in [1.807, 2.05) is 11.1 Å². The van der Waals surface area contributed by atoms with Crippen LogP contribution in [0.4, 0.5) is 4.39 Å². The summed E-state index contributed by atoms with van der Waals surface area (Å²) in [5.41, 5.74) is 1.09. The molecule has 2 atom stereocenters. The number of aromatic nitrogens is 1. The molecule has 3 rings (SSSR count). The Morgan fingerprint density at radius 1 is 1.24 bits per heavy atom. The topological polar surface area (TPSA) is 48.8 Å². The molecular weight excluding hydrogens is 387 g/mol. The first kappa shape index (κ1) is 18.0. The van der Waals surface area contributed by atoms with E-state index in [0.717, 1.165) is 23.4 Å². The average Bonchev–Trinajstić information content (AvgIpc) is 2.60. The van der Waals surface area contributed by atoms with E-state index < -0.39 is 5.95 Å². The first-order valence-corrected chi connectivity index (χ1v) is 9.27. The Hall–Kier alpha value is -1.76. The maximum Gasteiger partial charge on any atom is 0.255 e. The van der Waals surface area contributed by atoms with Crippen LogP contribution in [0, 0.1) is 24.7 Å². The molecule has 25 heavy (non-hydrogen) atoms. The van der Waals surface area contributed by atoms with E-state index in [1.165, 1.54) is 12.3 Å². The minimum absolute atomic E-state index is 0.0840. The molecule has 2 unspecified atom stereocenters. The van der Waals surface area contributed by atoms with Gasteiger partial charge in [-0.1, -0.05) is 29.8 Å². The van der Waals surface area contributed by atoms with Crippen LogP contribution in [0.5, 0.6) is 0 Å². The molecule has 0 radical (unpaired) electrons. The molecule has 0 aliphatic carbocycles. The number of allylic oxidation sites excluding steroid dienone is 1. The van der Waals surface area contributed by atoms with Crippen LogP contribution in [0.25, 0.3) is 0 Å². The second-order valence-corrected chi connectivity index (χ2v) is 7.60. The van der Waals surface area contributed by atoms with Crippen molar-refractivity contribution in [3.63, 3.8) is 0 Å². The summed E-state index contributed by atoms with van der Waals surface area (Å²) in [7, 11) is 0. The molecule has 1 saturated heterocycles. The van der Waals surface area contributed by atoms with Gasteiger partial charge in [0.1, 0.15) is 5.84 Å². The Morgan fingerprint density at radius 3 is 2.56 bits per heavy atom. The predicted octanol–water partition coefficient (Wildman–Crippen LogP) is 3.21. The molecule has 0 aromatic carbocycles. The van der Waals surface area contributed by atoms with Crippen molar-refractivity contribution in [3.8, 4) is 0 Å². The first-order valence-electron chi connectivity index (χ1n) is 8.48. The Balaban J connectivity index is 1.67. The Labute approximate surface area is 155 Å². The summed E-state index contributed by atoms with van der Waals surface area (Å²) in [6.07, 6.45) is 3.21. The van der Waals surface area contributed by atoms with Crippen LogP contribution >= 0.6 is 15.9 Å². The van der Waals surface area contributed by atoms with Crippen molar-refractivity contribution in [1.82, 2.24) is 14.8 Å². The van der Waals surface area contributed by atoms with Gasteiger partial charge in [-0.25, -0.2) is 9.98 Å². The number of rotatable bonds is 1. The Bertz CT molecular complexity index is 741. The van der Waals surface area contributed by atoms with E-state index in [9.17, 15) is 9.18 Å². The minimum Gasteiger partial charge on any atom is -0.356 e. The highest BCUT2D eigenvalue weighted by molar-refractivity contribution is 9.11. The summed E-state index contributed by atoms with van der Waals surface area (Å²) in [6, 6.07) is 1.30. The standard InChI is InChI=1S/C18H22BrFN4O/c1-11-8-16(20)21-9-14(11)18(25)24-6-4-23(5-7-24)17-13(3)12(2)15(19)10-22-17/h8-10,12-13H,4-7H2,1-3H3. The molecule has 0 spiro atoms. The van der Waals surface area contributed by atoms with Crippen LogP contribution < -0.4 is 0 Å². The molecule has 0 saturated carbocycles. The quantitative estimate of drug-likeness (QED) is 0.670. The molecule has 1 fully saturated rings. The van der Waals surface area contributed by atoms with Gasteiger partial charge in [0.05, 0.1) is 5.56 Å². The summed E-state index contributed by atoms with van der Waals surface area (Å²) in [6.45, 7) is 8.86. The highest BCUT2D eigenvalue weighted by Crippen LogP contribution is 2.31. The number of amides is 1. The van der Waals surface area contributed by atoms with Crippen LogP contribution in [0.15, 0.2) is 27.9 Å². The fourth-order valence-electron chi connectivity index (χ4n) is 3.25. The third-order valence-corrected chi connectivity index (χ3v) is 6.04. The lowest BCUT2D eigenvalue weighted by atomic mass is 9.92. The molecule has 0 N–H and O–H groups in total. The number of pyridine rings is 1. The molecule has 2 aliphatic rings. The molecule has 0 bridgehead atoms. The lowest BCUT2D eigenvalue weighted by Crippen LogP contribution is -2.52. The average molecular weight is 409 g/mol. The van der Waals surface area contributed by atoms with Gasteiger partial charge in [0.2, 0.25) is 5.95 Å². The SMILES string of the molecule is Cc1cc(F)ncc1C(=O)N1CCN(C2=NC=C(Br)C(C)C2C)CC1. The van der Waals surface area contributed by atoms with E-state index in [0.29, 0.717) is 36.1 Å². The zero-order chi connectivity index (χ0) is 18.1. The summed E-state index contributed by atoms with van der Waals surface area (Å²) in [5, 5.41) is 0. The molecule has 7 heteroatoms. The van der Waals surface area contributed by atoms with Crippen molar-refractivity contribution < 1.29 is 9.18 Å². The van der Waals surface area contributed by atoms with E-state index in [4.69, 9.17) is 0 Å². The fraction of sp³-hybridized carbons (Fsp3) is 0.500. The van der Waals surface area contributed by atoms with Crippen molar-refractivity contribution in [1.29, 1.82) is 0 Å². The monoisotopic (exact) mass is 408 g/mol. The van der Waals surface area contributed by atoms with Crippen molar-refractivity contribution >= 4 is 27.7 Å². The van der Waals surface area contributed by atoms with E-state index >= 15 is 0 Å². The fourth-order valence-corrected chi connectivity index (χ4v) is 3.75. The number of nitrogens with zero attached hydrogens (tertiary/aromatic N) is 4. The molecule has 5 nitrogen and oxygen atoms in total. The van der Waals surface area contributed by atoms with Crippen molar-refractivity contribution in [2.75, 3.05) is 26.2 Å². The number of halogens is 2. The van der Waals surface area contributed by atoms with Gasteiger partial charge in [-0.15, -0.1) is 0 Å². The predicted molar refractivity (Wildman–Crippen MR) is 99.2 cm³/mol. The van der Waals surface area contributed by atoms with Gasteiger partial charge in [-0.3, -0.25) is 4.79 Å². The van der Waals surface area contributed by atoms with Gasteiger partial charge < -0.3 is 9.80 Å². The third kappa shape index (κ3) is 3.61. The highest BCUT2D eigenvalue weighted by Gasteiger charge is 2.31. The zero-order valence-corrected chi connectivity index (χ0v) is 16.3. The number of aryl methyl sites for hydroxylation is 1. The van der Waals surface area contributed by atoms with Crippen LogP contribution in [0.3, 0.4) is 0 Å². The van der Waals surface area contributed by atoms with Crippen LogP contribution in [-0.2, 0) is 0 Å². The van der Waals surface area contributed by atoms with Crippen molar-refractivity contribution in [3.05, 3.63) is 40.0 Å². The first-order chi connectivity index (χ1) is 11.9. The summed E-state index contributed by atoms with van der Waals surface area (Å²) >= 11 is 3.56. The Kier molecular flexibility index (Phi) is 5.22. The van der Waals surface area contributed by atoms with E-state index in [-0.39, 0.29) is 5.91 Å². The number of piperazine rings is 1. The van der Waals surface area contributed by atoms with Gasteiger partial charge >= 0.3 is 0 Å². The van der Waals surface area contributed by atoms with E-state index in [1.54, 1.807) is 6.92 Å². The molecule has 2 aliphatic heterocycles. The largest absolute Gasteiger partial charge is 0.356 e. The lowest BCUT2D eigenvalue weighted by molar-refractivity contribution is 0.0687. The number of carbonyl (C=O) groups is 1. The van der Waals surface area contributed by atoms with Gasteiger partial charge in [-0.05, 0) is 24.5 Å². The van der Waals surface area contributed by atoms with Gasteiger partial charge in [0.15, 0.2) is 0 Å². The summed E-state index contributed by atoms with van der Waals surface area (Å²) in [5.74, 6) is 1.18. The lowest BCUT2D eigenvalue weighted by Gasteiger charge is -2.40. The molecule has 134 valence electrons. The minimum atomic E-state index is -0.559. The maximum atomic E-state index is 13.1. The second-order valence-electron chi connectivity index (χ2n) is 6.68. The van der Waals surface area contributed by atoms with Crippen molar-refractivity contribution in [2.24, 2.45) is 16.8 Å². The van der Waals surface area contributed by atoms with Gasteiger partial charge in [-0.2, -0.15) is 4.39 Å². The summed E-state index contributed by atoms with van der Waals surface area (Å²) in [4.78, 5) is 25.0. The highest BCUT2D eigenvalue weighted by atomic mass is 79.9. The summed E-state index contributed by atoms with van der Waals surface area (Å²) < 4.78 is 14.3. The second kappa shape index (κ2) is 7.23. The van der Waals surface area contributed by atoms with Crippen molar-refractivity contribution in [2.45, 2.75) is 20.8 Å². The number of hydrogen-bond donors (Lipinski definition) is 0. The third-order valence-electron chi connectivity index (χ3n) is 5.11. The number of amidine groups is 1. The van der Waals surface area contributed by atoms with Gasteiger partial charge in [0, 0.05) is 49.0 Å². The Morgan fingerprint density at radius 2 is 1.92 bits per heavy atom. The molecule has 1 aromatic rings. The van der Waals surface area contributed by atoms with Crippen LogP contribution in [-0.4, -0.2) is 52.7 Å². The number of carbonyl (C=O) groups excluding carboxylic acids is 1.